The maximum Gasteiger partial charge on any atom is 0.334 e. The molecule has 1 heterocycles. The van der Waals surface area contributed by atoms with Gasteiger partial charge in [-0.05, 0) is 19.9 Å². The van der Waals surface area contributed by atoms with E-state index in [1.165, 1.54) is 4.68 Å². The van der Waals surface area contributed by atoms with E-state index < -0.39 is 18.0 Å². The fraction of sp³-hybridized carbons (Fsp3) is 0.500. The van der Waals surface area contributed by atoms with Crippen molar-refractivity contribution in [3.63, 3.8) is 0 Å². The number of nitrogens with zero attached hydrogens (tertiary/aromatic N) is 2. The molecule has 1 atom stereocenters. The maximum absolute atomic E-state index is 11.7. The minimum atomic E-state index is -1.60. The Bertz CT molecular complexity index is 427. The molecule has 0 saturated heterocycles. The zero-order valence-electron chi connectivity index (χ0n) is 9.67. The maximum atomic E-state index is 11.7. The van der Waals surface area contributed by atoms with Crippen molar-refractivity contribution in [1.29, 1.82) is 0 Å². The molecule has 0 radical (unpaired) electrons. The van der Waals surface area contributed by atoms with E-state index in [1.54, 1.807) is 13.0 Å². The number of aliphatic hydroxyl groups is 1. The Morgan fingerprint density at radius 2 is 2.24 bits per heavy atom. The Labute approximate surface area is 98.1 Å². The standard InChI is InChI=1S/C10H15N3O4/c1-3-13-7(4-6(2)12-13)9(15)11-5-8(14)10(16)17/h4,8,14H,3,5H2,1-2H3,(H,11,15)(H,16,17)/t8-/m0/s1. The fourth-order valence-electron chi connectivity index (χ4n) is 1.34. The first-order valence-electron chi connectivity index (χ1n) is 5.19. The van der Waals surface area contributed by atoms with Crippen LogP contribution in [0.15, 0.2) is 6.07 Å². The Hall–Kier alpha value is -1.89. The first-order chi connectivity index (χ1) is 7.95. The van der Waals surface area contributed by atoms with Gasteiger partial charge in [-0.15, -0.1) is 0 Å². The Balaban J connectivity index is 2.66. The van der Waals surface area contributed by atoms with Gasteiger partial charge in [0, 0.05) is 6.54 Å². The summed E-state index contributed by atoms with van der Waals surface area (Å²) in [7, 11) is 0. The lowest BCUT2D eigenvalue weighted by Gasteiger charge is -2.08. The van der Waals surface area contributed by atoms with Gasteiger partial charge in [0.05, 0.1) is 12.2 Å². The van der Waals surface area contributed by atoms with Crippen LogP contribution in [0.4, 0.5) is 0 Å². The van der Waals surface area contributed by atoms with Crippen LogP contribution >= 0.6 is 0 Å². The second kappa shape index (κ2) is 5.44. The smallest absolute Gasteiger partial charge is 0.334 e. The van der Waals surface area contributed by atoms with Gasteiger partial charge < -0.3 is 15.5 Å². The van der Waals surface area contributed by atoms with E-state index >= 15 is 0 Å². The summed E-state index contributed by atoms with van der Waals surface area (Å²) in [5.74, 6) is -1.82. The fourth-order valence-corrected chi connectivity index (χ4v) is 1.34. The molecule has 17 heavy (non-hydrogen) atoms. The lowest BCUT2D eigenvalue weighted by Crippen LogP contribution is -2.37. The number of carboxylic acids is 1. The van der Waals surface area contributed by atoms with Crippen molar-refractivity contribution in [2.24, 2.45) is 0 Å². The highest BCUT2D eigenvalue weighted by molar-refractivity contribution is 5.93. The molecule has 94 valence electrons. The van der Waals surface area contributed by atoms with Crippen molar-refractivity contribution < 1.29 is 19.8 Å². The van der Waals surface area contributed by atoms with E-state index in [0.29, 0.717) is 17.9 Å². The number of hydrogen-bond acceptors (Lipinski definition) is 4. The first-order valence-corrected chi connectivity index (χ1v) is 5.19. The summed E-state index contributed by atoms with van der Waals surface area (Å²) < 4.78 is 1.51. The number of nitrogens with one attached hydrogen (secondary N) is 1. The van der Waals surface area contributed by atoms with Gasteiger partial charge >= 0.3 is 5.97 Å². The molecule has 0 fully saturated rings. The molecule has 0 unspecified atom stereocenters. The number of rotatable bonds is 5. The van der Waals surface area contributed by atoms with Crippen molar-refractivity contribution in [3.05, 3.63) is 17.5 Å². The van der Waals surface area contributed by atoms with Gasteiger partial charge in [0.2, 0.25) is 0 Å². The number of hydrogen-bond donors (Lipinski definition) is 3. The summed E-state index contributed by atoms with van der Waals surface area (Å²) in [6.07, 6.45) is -1.60. The molecule has 7 nitrogen and oxygen atoms in total. The molecule has 3 N–H and O–H groups in total. The predicted octanol–water partition coefficient (Wildman–Crippen LogP) is -0.613. The van der Waals surface area contributed by atoms with Gasteiger partial charge in [0.15, 0.2) is 6.10 Å². The number of carboxylic acid groups (broad SMARTS) is 1. The summed E-state index contributed by atoms with van der Waals surface area (Å²) >= 11 is 0. The molecular weight excluding hydrogens is 226 g/mol. The van der Waals surface area contributed by atoms with Crippen molar-refractivity contribution in [1.82, 2.24) is 15.1 Å². The molecular formula is C10H15N3O4. The largest absolute Gasteiger partial charge is 0.479 e. The number of aliphatic carboxylic acids is 1. The Kier molecular flexibility index (Phi) is 4.22. The van der Waals surface area contributed by atoms with Gasteiger partial charge in [-0.25, -0.2) is 4.79 Å². The number of aromatic nitrogens is 2. The second-order valence-corrected chi connectivity index (χ2v) is 3.55. The molecule has 1 aromatic rings. The normalized spacial score (nSPS) is 12.2. The third-order valence-corrected chi connectivity index (χ3v) is 2.18. The third kappa shape index (κ3) is 3.28. The van der Waals surface area contributed by atoms with E-state index in [4.69, 9.17) is 10.2 Å². The molecule has 0 saturated carbocycles. The lowest BCUT2D eigenvalue weighted by molar-refractivity contribution is -0.146. The summed E-state index contributed by atoms with van der Waals surface area (Å²) in [6, 6.07) is 1.60. The Morgan fingerprint density at radius 3 is 2.76 bits per heavy atom. The summed E-state index contributed by atoms with van der Waals surface area (Å²) in [5.41, 5.74) is 1.05. The van der Waals surface area contributed by atoms with Crippen molar-refractivity contribution in [2.75, 3.05) is 6.54 Å². The number of aryl methyl sites for hydroxylation is 2. The van der Waals surface area contributed by atoms with Crippen LogP contribution in [0, 0.1) is 6.92 Å². The van der Waals surface area contributed by atoms with Crippen molar-refractivity contribution in [2.45, 2.75) is 26.5 Å². The van der Waals surface area contributed by atoms with E-state index in [-0.39, 0.29) is 6.54 Å². The minimum absolute atomic E-state index is 0.331. The highest BCUT2D eigenvalue weighted by atomic mass is 16.4. The quantitative estimate of drug-likeness (QED) is 0.637. The number of carbonyl (C=O) groups is 2. The predicted molar refractivity (Wildman–Crippen MR) is 58.6 cm³/mol. The van der Waals surface area contributed by atoms with Gasteiger partial charge in [0.1, 0.15) is 5.69 Å². The van der Waals surface area contributed by atoms with Crippen molar-refractivity contribution in [3.8, 4) is 0 Å². The lowest BCUT2D eigenvalue weighted by atomic mass is 10.3. The third-order valence-electron chi connectivity index (χ3n) is 2.18. The van der Waals surface area contributed by atoms with Crippen LogP contribution in [0.5, 0.6) is 0 Å². The molecule has 1 aromatic heterocycles. The van der Waals surface area contributed by atoms with Gasteiger partial charge in [-0.1, -0.05) is 0 Å². The zero-order chi connectivity index (χ0) is 13.0. The SMILES string of the molecule is CCn1nc(C)cc1C(=O)NC[C@H](O)C(=O)O. The van der Waals surface area contributed by atoms with Crippen LogP contribution in [0.2, 0.25) is 0 Å². The van der Waals surface area contributed by atoms with Crippen molar-refractivity contribution >= 4 is 11.9 Å². The van der Waals surface area contributed by atoms with Crippen LogP contribution in [0.1, 0.15) is 23.1 Å². The zero-order valence-corrected chi connectivity index (χ0v) is 9.67. The molecule has 0 aliphatic heterocycles. The van der Waals surface area contributed by atoms with E-state index in [2.05, 4.69) is 10.4 Å². The second-order valence-electron chi connectivity index (χ2n) is 3.55. The summed E-state index contributed by atoms with van der Waals surface area (Å²) in [5, 5.41) is 23.9. The summed E-state index contributed by atoms with van der Waals surface area (Å²) in [4.78, 5) is 22.0. The van der Waals surface area contributed by atoms with E-state index in [9.17, 15) is 9.59 Å². The van der Waals surface area contributed by atoms with E-state index in [1.807, 2.05) is 6.92 Å². The molecule has 0 aliphatic carbocycles. The Morgan fingerprint density at radius 1 is 1.59 bits per heavy atom. The molecule has 0 aromatic carbocycles. The van der Waals surface area contributed by atoms with Crippen LogP contribution in [0.25, 0.3) is 0 Å². The molecule has 0 bridgehead atoms. The summed E-state index contributed by atoms with van der Waals surface area (Å²) in [6.45, 7) is 3.81. The van der Waals surface area contributed by atoms with Gasteiger partial charge in [-0.2, -0.15) is 5.10 Å². The van der Waals surface area contributed by atoms with E-state index in [0.717, 1.165) is 0 Å². The highest BCUT2D eigenvalue weighted by Crippen LogP contribution is 2.03. The molecule has 0 spiro atoms. The monoisotopic (exact) mass is 241 g/mol. The first kappa shape index (κ1) is 13.2. The van der Waals surface area contributed by atoms with Crippen LogP contribution < -0.4 is 5.32 Å². The topological polar surface area (TPSA) is 104 Å². The minimum Gasteiger partial charge on any atom is -0.479 e. The van der Waals surface area contributed by atoms with Crippen LogP contribution in [0.3, 0.4) is 0 Å². The van der Waals surface area contributed by atoms with Gasteiger partial charge in [-0.3, -0.25) is 9.48 Å². The number of aliphatic hydroxyl groups excluding tert-OH is 1. The van der Waals surface area contributed by atoms with Gasteiger partial charge in [0.25, 0.3) is 5.91 Å². The number of amides is 1. The molecule has 7 heteroatoms. The highest BCUT2D eigenvalue weighted by Gasteiger charge is 2.17. The van der Waals surface area contributed by atoms with Crippen LogP contribution in [-0.4, -0.2) is 44.5 Å². The van der Waals surface area contributed by atoms with Crippen LogP contribution in [-0.2, 0) is 11.3 Å². The number of carbonyl (C=O) groups excluding carboxylic acids is 1. The molecule has 0 aliphatic rings. The average molecular weight is 241 g/mol. The average Bonchev–Trinajstić information content (AvgIpc) is 2.66. The molecule has 1 rings (SSSR count). The molecule has 1 amide bonds.